The minimum Gasteiger partial charge on any atom is -0.367 e. The second-order valence-electron chi connectivity index (χ2n) is 5.77. The molecule has 1 aliphatic heterocycles. The number of rotatable bonds is 5. The van der Waals surface area contributed by atoms with E-state index in [2.05, 4.69) is 38.6 Å². The molecular formula is C14H23N5. The third-order valence-electron chi connectivity index (χ3n) is 3.90. The third kappa shape index (κ3) is 3.56. The van der Waals surface area contributed by atoms with Crippen LogP contribution >= 0.6 is 0 Å². The Morgan fingerprint density at radius 3 is 3.00 bits per heavy atom. The van der Waals surface area contributed by atoms with Gasteiger partial charge in [-0.1, -0.05) is 0 Å². The van der Waals surface area contributed by atoms with Crippen LogP contribution in [-0.4, -0.2) is 42.7 Å². The van der Waals surface area contributed by atoms with Gasteiger partial charge in [-0.2, -0.15) is 0 Å². The third-order valence-corrected chi connectivity index (χ3v) is 3.90. The lowest BCUT2D eigenvalue weighted by Crippen LogP contribution is -2.37. The summed E-state index contributed by atoms with van der Waals surface area (Å²) in [5.74, 6) is 2.71. The molecule has 1 aromatic heterocycles. The molecule has 0 amide bonds. The molecule has 1 aromatic rings. The van der Waals surface area contributed by atoms with Crippen LogP contribution in [0.1, 0.15) is 25.7 Å². The van der Waals surface area contributed by atoms with Crippen molar-refractivity contribution in [1.29, 1.82) is 0 Å². The summed E-state index contributed by atoms with van der Waals surface area (Å²) in [5, 5.41) is 6.89. The van der Waals surface area contributed by atoms with Crippen molar-refractivity contribution in [3.05, 3.63) is 12.4 Å². The zero-order valence-electron chi connectivity index (χ0n) is 11.6. The molecule has 1 saturated heterocycles. The zero-order chi connectivity index (χ0) is 13.1. The molecule has 0 spiro atoms. The van der Waals surface area contributed by atoms with Crippen molar-refractivity contribution in [2.45, 2.75) is 31.7 Å². The SMILES string of the molecule is CN(CC1CCCNC1)c1cc(NC2CC2)ncn1. The Labute approximate surface area is 114 Å². The summed E-state index contributed by atoms with van der Waals surface area (Å²) >= 11 is 0. The van der Waals surface area contributed by atoms with Gasteiger partial charge in [-0.25, -0.2) is 9.97 Å². The molecule has 0 aromatic carbocycles. The van der Waals surface area contributed by atoms with Crippen LogP contribution in [-0.2, 0) is 0 Å². The summed E-state index contributed by atoms with van der Waals surface area (Å²) in [4.78, 5) is 10.9. The van der Waals surface area contributed by atoms with Crippen molar-refractivity contribution >= 4 is 11.6 Å². The van der Waals surface area contributed by atoms with Gasteiger partial charge in [-0.15, -0.1) is 0 Å². The molecule has 2 heterocycles. The maximum atomic E-state index is 4.39. The number of aromatic nitrogens is 2. The molecule has 5 heteroatoms. The Morgan fingerprint density at radius 1 is 1.37 bits per heavy atom. The monoisotopic (exact) mass is 261 g/mol. The fourth-order valence-electron chi connectivity index (χ4n) is 2.63. The van der Waals surface area contributed by atoms with E-state index >= 15 is 0 Å². The average Bonchev–Trinajstić information content (AvgIpc) is 3.24. The Balaban J connectivity index is 1.59. The van der Waals surface area contributed by atoms with Crippen LogP contribution < -0.4 is 15.5 Å². The fourth-order valence-corrected chi connectivity index (χ4v) is 2.63. The van der Waals surface area contributed by atoms with Gasteiger partial charge in [0, 0.05) is 25.7 Å². The molecule has 0 bridgehead atoms. The predicted molar refractivity (Wildman–Crippen MR) is 77.5 cm³/mol. The molecule has 2 aliphatic rings. The number of anilines is 2. The number of piperidine rings is 1. The Kier molecular flexibility index (Phi) is 3.82. The van der Waals surface area contributed by atoms with Crippen LogP contribution in [0.5, 0.6) is 0 Å². The molecular weight excluding hydrogens is 238 g/mol. The van der Waals surface area contributed by atoms with E-state index in [1.54, 1.807) is 6.33 Å². The number of hydrogen-bond acceptors (Lipinski definition) is 5. The molecule has 1 unspecified atom stereocenters. The van der Waals surface area contributed by atoms with Gasteiger partial charge < -0.3 is 15.5 Å². The highest BCUT2D eigenvalue weighted by Crippen LogP contribution is 2.25. The molecule has 0 radical (unpaired) electrons. The van der Waals surface area contributed by atoms with Crippen LogP contribution in [0.4, 0.5) is 11.6 Å². The van der Waals surface area contributed by atoms with Gasteiger partial charge in [-0.05, 0) is 44.7 Å². The van der Waals surface area contributed by atoms with Crippen molar-refractivity contribution in [1.82, 2.24) is 15.3 Å². The minimum absolute atomic E-state index is 0.635. The lowest BCUT2D eigenvalue weighted by Gasteiger charge is -2.28. The second-order valence-corrected chi connectivity index (χ2v) is 5.77. The Morgan fingerprint density at radius 2 is 2.26 bits per heavy atom. The van der Waals surface area contributed by atoms with Gasteiger partial charge in [0.25, 0.3) is 0 Å². The van der Waals surface area contributed by atoms with Crippen LogP contribution in [0.15, 0.2) is 12.4 Å². The second kappa shape index (κ2) is 5.74. The van der Waals surface area contributed by atoms with E-state index in [0.29, 0.717) is 6.04 Å². The van der Waals surface area contributed by atoms with E-state index in [1.165, 1.54) is 32.2 Å². The molecule has 2 N–H and O–H groups in total. The standard InChI is InChI=1S/C14H23N5/c1-19(9-11-3-2-6-15-8-11)14-7-13(16-10-17-14)18-12-4-5-12/h7,10-12,15H,2-6,8-9H2,1H3,(H,16,17,18). The summed E-state index contributed by atoms with van der Waals surface area (Å²) in [6.45, 7) is 3.36. The van der Waals surface area contributed by atoms with E-state index in [4.69, 9.17) is 0 Å². The molecule has 19 heavy (non-hydrogen) atoms. The summed E-state index contributed by atoms with van der Waals surface area (Å²) in [6, 6.07) is 2.70. The van der Waals surface area contributed by atoms with Gasteiger partial charge in [0.1, 0.15) is 18.0 Å². The van der Waals surface area contributed by atoms with Crippen molar-refractivity contribution in [3.8, 4) is 0 Å². The van der Waals surface area contributed by atoms with Crippen molar-refractivity contribution in [3.63, 3.8) is 0 Å². The summed E-state index contributed by atoms with van der Waals surface area (Å²) in [7, 11) is 2.12. The van der Waals surface area contributed by atoms with E-state index in [9.17, 15) is 0 Å². The summed E-state index contributed by atoms with van der Waals surface area (Å²) in [6.07, 6.45) is 6.80. The van der Waals surface area contributed by atoms with Gasteiger partial charge in [0.15, 0.2) is 0 Å². The van der Waals surface area contributed by atoms with Gasteiger partial charge in [0.05, 0.1) is 0 Å². The smallest absolute Gasteiger partial charge is 0.133 e. The first kappa shape index (κ1) is 12.7. The quantitative estimate of drug-likeness (QED) is 0.841. The predicted octanol–water partition coefficient (Wildman–Crippen LogP) is 1.49. The molecule has 1 atom stereocenters. The average molecular weight is 261 g/mol. The van der Waals surface area contributed by atoms with Crippen LogP contribution in [0, 0.1) is 5.92 Å². The highest BCUT2D eigenvalue weighted by atomic mass is 15.2. The van der Waals surface area contributed by atoms with Crippen molar-refractivity contribution in [2.24, 2.45) is 5.92 Å². The largest absolute Gasteiger partial charge is 0.367 e. The van der Waals surface area contributed by atoms with E-state index in [-0.39, 0.29) is 0 Å². The summed E-state index contributed by atoms with van der Waals surface area (Å²) in [5.41, 5.74) is 0. The lowest BCUT2D eigenvalue weighted by molar-refractivity contribution is 0.380. The Bertz CT molecular complexity index is 412. The number of hydrogen-bond donors (Lipinski definition) is 2. The first-order valence-corrected chi connectivity index (χ1v) is 7.32. The number of nitrogens with one attached hydrogen (secondary N) is 2. The lowest BCUT2D eigenvalue weighted by atomic mass is 9.99. The van der Waals surface area contributed by atoms with E-state index < -0.39 is 0 Å². The molecule has 2 fully saturated rings. The minimum atomic E-state index is 0.635. The maximum Gasteiger partial charge on any atom is 0.133 e. The number of nitrogens with zero attached hydrogens (tertiary/aromatic N) is 3. The van der Waals surface area contributed by atoms with Crippen molar-refractivity contribution < 1.29 is 0 Å². The molecule has 1 saturated carbocycles. The molecule has 104 valence electrons. The fraction of sp³-hybridized carbons (Fsp3) is 0.714. The Hall–Kier alpha value is -1.36. The topological polar surface area (TPSA) is 53.1 Å². The first-order valence-electron chi connectivity index (χ1n) is 7.32. The highest BCUT2D eigenvalue weighted by Gasteiger charge is 2.22. The maximum absolute atomic E-state index is 4.39. The van der Waals surface area contributed by atoms with Gasteiger partial charge in [-0.3, -0.25) is 0 Å². The molecule has 1 aliphatic carbocycles. The normalized spacial score (nSPS) is 23.1. The first-order chi connectivity index (χ1) is 9.31. The van der Waals surface area contributed by atoms with Crippen molar-refractivity contribution in [2.75, 3.05) is 36.9 Å². The van der Waals surface area contributed by atoms with E-state index in [1.807, 2.05) is 0 Å². The zero-order valence-corrected chi connectivity index (χ0v) is 11.6. The van der Waals surface area contributed by atoms with Crippen LogP contribution in [0.3, 0.4) is 0 Å². The van der Waals surface area contributed by atoms with Crippen LogP contribution in [0.2, 0.25) is 0 Å². The summed E-state index contributed by atoms with van der Waals surface area (Å²) < 4.78 is 0. The molecule has 3 rings (SSSR count). The van der Waals surface area contributed by atoms with Gasteiger partial charge >= 0.3 is 0 Å². The van der Waals surface area contributed by atoms with Gasteiger partial charge in [0.2, 0.25) is 0 Å². The van der Waals surface area contributed by atoms with Crippen LogP contribution in [0.25, 0.3) is 0 Å². The highest BCUT2D eigenvalue weighted by molar-refractivity contribution is 5.48. The van der Waals surface area contributed by atoms with E-state index in [0.717, 1.165) is 30.6 Å². The molecule has 5 nitrogen and oxygen atoms in total.